The molecule has 2 aromatic heterocycles. The topological polar surface area (TPSA) is 138 Å². The molecule has 1 aliphatic carbocycles. The van der Waals surface area contributed by atoms with Crippen molar-refractivity contribution in [1.82, 2.24) is 15.3 Å². The van der Waals surface area contributed by atoms with E-state index in [-0.39, 0.29) is 23.1 Å². The van der Waals surface area contributed by atoms with Crippen LogP contribution in [0.3, 0.4) is 0 Å². The van der Waals surface area contributed by atoms with Crippen molar-refractivity contribution in [3.8, 4) is 0 Å². The third-order valence-corrected chi connectivity index (χ3v) is 7.84. The first-order valence-electron chi connectivity index (χ1n) is 11.3. The molecule has 0 radical (unpaired) electrons. The van der Waals surface area contributed by atoms with E-state index < -0.39 is 27.3 Å². The monoisotopic (exact) mass is 492 g/mol. The second-order valence-electron chi connectivity index (χ2n) is 9.08. The van der Waals surface area contributed by atoms with Gasteiger partial charge in [-0.3, -0.25) is 19.4 Å². The minimum absolute atomic E-state index is 0.152. The van der Waals surface area contributed by atoms with Crippen LogP contribution in [0, 0.1) is 6.92 Å². The summed E-state index contributed by atoms with van der Waals surface area (Å²) in [6, 6.07) is 6.21. The van der Waals surface area contributed by atoms with Crippen LogP contribution < -0.4 is 16.2 Å². The lowest BCUT2D eigenvalue weighted by atomic mass is 9.77. The quantitative estimate of drug-likeness (QED) is 0.501. The third-order valence-electron chi connectivity index (χ3n) is 6.45. The van der Waals surface area contributed by atoms with E-state index in [0.29, 0.717) is 22.2 Å². The Bertz CT molecular complexity index is 1550. The van der Waals surface area contributed by atoms with Crippen LogP contribution in [0.5, 0.6) is 0 Å². The smallest absolute Gasteiger partial charge is 0.261 e. The maximum atomic E-state index is 13.4. The van der Waals surface area contributed by atoms with Crippen LogP contribution in [0.25, 0.3) is 10.9 Å². The van der Waals surface area contributed by atoms with Gasteiger partial charge in [0.2, 0.25) is 0 Å². The molecule has 1 aliphatic heterocycles. The Morgan fingerprint density at radius 2 is 1.91 bits per heavy atom. The lowest BCUT2D eigenvalue weighted by Crippen LogP contribution is -2.38. The number of amides is 2. The van der Waals surface area contributed by atoms with Crippen LogP contribution in [0.2, 0.25) is 0 Å². The predicted octanol–water partition coefficient (Wildman–Crippen LogP) is 2.79. The van der Waals surface area contributed by atoms with Crippen molar-refractivity contribution in [1.29, 1.82) is 0 Å². The molecule has 2 amide bonds. The Morgan fingerprint density at radius 3 is 2.57 bits per heavy atom. The summed E-state index contributed by atoms with van der Waals surface area (Å²) < 4.78 is 23.2. The van der Waals surface area contributed by atoms with E-state index in [2.05, 4.69) is 20.6 Å². The molecule has 1 aromatic carbocycles. The van der Waals surface area contributed by atoms with Crippen LogP contribution in [0.1, 0.15) is 57.0 Å². The Labute approximate surface area is 201 Å². The Morgan fingerprint density at radius 1 is 1.11 bits per heavy atom. The number of hydrogen-bond acceptors (Lipinski definition) is 6. The number of H-pyrrole nitrogens is 1. The molecular formula is C25H24N4O5S. The molecule has 3 N–H and O–H groups in total. The lowest BCUT2D eigenvalue weighted by molar-refractivity contribution is 0.0945. The molecule has 1 atom stereocenters. The van der Waals surface area contributed by atoms with Crippen LogP contribution in [-0.4, -0.2) is 42.0 Å². The molecule has 0 bridgehead atoms. The van der Waals surface area contributed by atoms with Crippen LogP contribution in [0.4, 0.5) is 5.69 Å². The van der Waals surface area contributed by atoms with E-state index >= 15 is 0 Å². The number of aromatic amines is 1. The zero-order valence-electron chi connectivity index (χ0n) is 19.0. The summed E-state index contributed by atoms with van der Waals surface area (Å²) in [5, 5.41) is 7.03. The summed E-state index contributed by atoms with van der Waals surface area (Å²) in [6.45, 7) is 1.88. The Balaban J connectivity index is 1.53. The van der Waals surface area contributed by atoms with E-state index in [4.69, 9.17) is 0 Å². The number of fused-ring (bicyclic) bond motifs is 1. The van der Waals surface area contributed by atoms with E-state index in [1.807, 2.05) is 19.1 Å². The molecule has 9 nitrogen and oxygen atoms in total. The molecule has 5 rings (SSSR count). The minimum Gasteiger partial charge on any atom is -0.345 e. The molecule has 2 aliphatic rings. The van der Waals surface area contributed by atoms with Crippen LogP contribution in [-0.2, 0) is 9.84 Å². The van der Waals surface area contributed by atoms with Gasteiger partial charge < -0.3 is 15.6 Å². The second-order valence-corrected chi connectivity index (χ2v) is 11.0. The van der Waals surface area contributed by atoms with E-state index in [1.54, 1.807) is 18.5 Å². The number of aromatic nitrogens is 2. The number of nitrogens with one attached hydrogen (secondary N) is 3. The largest absolute Gasteiger partial charge is 0.345 e. The van der Waals surface area contributed by atoms with E-state index in [0.717, 1.165) is 35.8 Å². The number of hydrogen-bond donors (Lipinski definition) is 3. The number of carbonyl (C=O) groups is 2. The second kappa shape index (κ2) is 8.77. The molecular weight excluding hydrogens is 468 g/mol. The van der Waals surface area contributed by atoms with Gasteiger partial charge in [-0.05, 0) is 60.4 Å². The number of anilines is 1. The van der Waals surface area contributed by atoms with E-state index in [1.165, 1.54) is 12.1 Å². The zero-order chi connectivity index (χ0) is 24.7. The number of sulfone groups is 1. The molecule has 3 heterocycles. The standard InChI is InChI=1S/C25H24N4O5S/c1-14-9-18(12-26-11-14)28-25(32)21-19(15-3-2-4-15)6-5-16-10-20(24(31)29-22(16)21)23(30)27-17-7-8-35(33,34)13-17/h5-12,15,17H,2-4,13H2,1H3,(H,27,30)(H,28,32)(H,29,31)/t17-/m1/s1. The number of rotatable bonds is 5. The van der Waals surface area contributed by atoms with Gasteiger partial charge in [0.05, 0.1) is 34.8 Å². The lowest BCUT2D eigenvalue weighted by Gasteiger charge is -2.28. The highest BCUT2D eigenvalue weighted by molar-refractivity contribution is 7.94. The Kier molecular flexibility index (Phi) is 5.76. The summed E-state index contributed by atoms with van der Waals surface area (Å²) in [6.07, 6.45) is 7.62. The van der Waals surface area contributed by atoms with Gasteiger partial charge in [-0.15, -0.1) is 0 Å². The predicted molar refractivity (Wildman–Crippen MR) is 132 cm³/mol. The fourth-order valence-electron chi connectivity index (χ4n) is 4.49. The average molecular weight is 493 g/mol. The maximum absolute atomic E-state index is 13.4. The normalized spacial score (nSPS) is 18.8. The van der Waals surface area contributed by atoms with Gasteiger partial charge in [0.15, 0.2) is 9.84 Å². The van der Waals surface area contributed by atoms with Crippen molar-refractivity contribution >= 4 is 38.2 Å². The zero-order valence-corrected chi connectivity index (χ0v) is 19.8. The van der Waals surface area contributed by atoms with Gasteiger partial charge in [-0.25, -0.2) is 8.42 Å². The summed E-state index contributed by atoms with van der Waals surface area (Å²) in [4.78, 5) is 46.0. The first-order valence-corrected chi connectivity index (χ1v) is 13.1. The average Bonchev–Trinajstić information content (AvgIpc) is 3.09. The van der Waals surface area contributed by atoms with Gasteiger partial charge in [0, 0.05) is 11.6 Å². The fourth-order valence-corrected chi connectivity index (χ4v) is 5.73. The summed E-state index contributed by atoms with van der Waals surface area (Å²) >= 11 is 0. The fraction of sp³-hybridized carbons (Fsp3) is 0.280. The van der Waals surface area contributed by atoms with Crippen molar-refractivity contribution < 1.29 is 18.0 Å². The maximum Gasteiger partial charge on any atom is 0.261 e. The molecule has 1 saturated carbocycles. The number of nitrogens with zero attached hydrogens (tertiary/aromatic N) is 1. The summed E-state index contributed by atoms with van der Waals surface area (Å²) in [5.74, 6) is -1.06. The van der Waals surface area contributed by atoms with Gasteiger partial charge >= 0.3 is 0 Å². The van der Waals surface area contributed by atoms with Crippen LogP contribution in [0.15, 0.2) is 52.9 Å². The third kappa shape index (κ3) is 4.61. The molecule has 10 heteroatoms. The van der Waals surface area contributed by atoms with Crippen molar-refractivity contribution in [2.24, 2.45) is 0 Å². The number of benzene rings is 1. The number of carbonyl (C=O) groups excluding carboxylic acids is 2. The van der Waals surface area contributed by atoms with Gasteiger partial charge in [0.1, 0.15) is 5.56 Å². The highest BCUT2D eigenvalue weighted by Crippen LogP contribution is 2.40. The van der Waals surface area contributed by atoms with Crippen molar-refractivity contribution in [2.45, 2.75) is 38.1 Å². The highest BCUT2D eigenvalue weighted by atomic mass is 32.2. The van der Waals surface area contributed by atoms with Crippen LogP contribution >= 0.6 is 0 Å². The summed E-state index contributed by atoms with van der Waals surface area (Å²) in [7, 11) is -3.35. The van der Waals surface area contributed by atoms with E-state index in [9.17, 15) is 22.8 Å². The van der Waals surface area contributed by atoms with Gasteiger partial charge in [0.25, 0.3) is 17.4 Å². The first-order chi connectivity index (χ1) is 16.7. The molecule has 180 valence electrons. The van der Waals surface area contributed by atoms with Crippen molar-refractivity contribution in [2.75, 3.05) is 11.1 Å². The van der Waals surface area contributed by atoms with Crippen molar-refractivity contribution in [3.05, 3.63) is 80.8 Å². The summed E-state index contributed by atoms with van der Waals surface area (Å²) in [5.41, 5.74) is 2.23. The molecule has 35 heavy (non-hydrogen) atoms. The molecule has 1 fully saturated rings. The minimum atomic E-state index is -3.35. The number of pyridine rings is 2. The molecule has 3 aromatic rings. The highest BCUT2D eigenvalue weighted by Gasteiger charge is 2.28. The number of aryl methyl sites for hydroxylation is 1. The molecule has 0 saturated heterocycles. The first kappa shape index (κ1) is 23.0. The Hall–Kier alpha value is -3.79. The van der Waals surface area contributed by atoms with Gasteiger partial charge in [-0.2, -0.15) is 0 Å². The van der Waals surface area contributed by atoms with Gasteiger partial charge in [-0.1, -0.05) is 18.6 Å². The SMILES string of the molecule is Cc1cncc(NC(=O)c2c(C3CCC3)ccc3cc(C(=O)N[C@@H]4C=CS(=O)(=O)C4)c(=O)[nH]c23)c1. The molecule has 0 spiro atoms. The van der Waals surface area contributed by atoms with Crippen molar-refractivity contribution in [3.63, 3.8) is 0 Å². The molecule has 0 unspecified atom stereocenters.